The highest BCUT2D eigenvalue weighted by Crippen LogP contribution is 2.27. The highest BCUT2D eigenvalue weighted by atomic mass is 35.5. The van der Waals surface area contributed by atoms with E-state index in [4.69, 9.17) is 16.3 Å². The average Bonchev–Trinajstić information content (AvgIpc) is 2.98. The molecule has 1 fully saturated rings. The van der Waals surface area contributed by atoms with Gasteiger partial charge < -0.3 is 14.2 Å². The maximum atomic E-state index is 12.2. The normalized spacial score (nSPS) is 16.2. The van der Waals surface area contributed by atoms with E-state index in [1.54, 1.807) is 18.6 Å². The Balaban J connectivity index is 1.47. The van der Waals surface area contributed by atoms with E-state index in [2.05, 4.69) is 4.98 Å². The predicted octanol–water partition coefficient (Wildman–Crippen LogP) is 2.78. The number of amides is 1. The Hall–Kier alpha value is -2.01. The minimum atomic E-state index is 0.0207. The Bertz CT molecular complexity index is 639. The molecule has 1 aromatic heterocycles. The van der Waals surface area contributed by atoms with Crippen molar-refractivity contribution in [3.63, 3.8) is 0 Å². The maximum Gasteiger partial charge on any atom is 0.224 e. The van der Waals surface area contributed by atoms with E-state index in [9.17, 15) is 4.79 Å². The van der Waals surface area contributed by atoms with Crippen LogP contribution in [0.2, 0.25) is 5.02 Å². The molecular weight excluding hydrogens is 302 g/mol. The molecular formula is C16H18ClN3O2. The number of hydrogen-bond acceptors (Lipinski definition) is 3. The van der Waals surface area contributed by atoms with Crippen molar-refractivity contribution in [2.24, 2.45) is 0 Å². The lowest BCUT2D eigenvalue weighted by atomic mass is 10.1. The van der Waals surface area contributed by atoms with E-state index in [1.165, 1.54) is 0 Å². The minimum absolute atomic E-state index is 0.0207. The van der Waals surface area contributed by atoms with Crippen LogP contribution in [0.4, 0.5) is 0 Å². The van der Waals surface area contributed by atoms with E-state index in [1.807, 2.05) is 40.8 Å². The summed E-state index contributed by atoms with van der Waals surface area (Å²) in [5, 5.41) is 0.598. The Labute approximate surface area is 134 Å². The number of benzene rings is 1. The highest BCUT2D eigenvalue weighted by molar-refractivity contribution is 6.32. The molecule has 1 amide bonds. The summed E-state index contributed by atoms with van der Waals surface area (Å²) in [6.45, 7) is 3.23. The zero-order chi connectivity index (χ0) is 15.5. The van der Waals surface area contributed by atoms with Crippen LogP contribution in [0.25, 0.3) is 0 Å². The van der Waals surface area contributed by atoms with Crippen LogP contribution < -0.4 is 4.74 Å². The first-order valence-electron chi connectivity index (χ1n) is 7.30. The van der Waals surface area contributed by atoms with E-state index < -0.39 is 0 Å². The summed E-state index contributed by atoms with van der Waals surface area (Å²) < 4.78 is 7.74. The molecule has 1 unspecified atom stereocenters. The van der Waals surface area contributed by atoms with Gasteiger partial charge >= 0.3 is 0 Å². The fraction of sp³-hybridized carbons (Fsp3) is 0.375. The number of hydrogen-bond donors (Lipinski definition) is 0. The second-order valence-electron chi connectivity index (χ2n) is 5.53. The lowest BCUT2D eigenvalue weighted by molar-refractivity contribution is -0.140. The van der Waals surface area contributed by atoms with E-state index in [0.717, 1.165) is 0 Å². The van der Waals surface area contributed by atoms with Gasteiger partial charge in [-0.2, -0.15) is 0 Å². The van der Waals surface area contributed by atoms with E-state index >= 15 is 0 Å². The number of likely N-dealkylation sites (tertiary alicyclic amines) is 1. The van der Waals surface area contributed by atoms with Gasteiger partial charge in [-0.15, -0.1) is 0 Å². The SMILES string of the molecule is CC(CC(=O)N1CC(Oc2ccccc2Cl)C1)n1ccnc1. The molecule has 0 saturated carbocycles. The van der Waals surface area contributed by atoms with Gasteiger partial charge in [0.1, 0.15) is 11.9 Å². The van der Waals surface area contributed by atoms with Gasteiger partial charge in [-0.1, -0.05) is 23.7 Å². The van der Waals surface area contributed by atoms with Crippen LogP contribution in [0.3, 0.4) is 0 Å². The molecule has 1 saturated heterocycles. The van der Waals surface area contributed by atoms with Crippen LogP contribution >= 0.6 is 11.6 Å². The second kappa shape index (κ2) is 6.40. The first-order chi connectivity index (χ1) is 10.6. The van der Waals surface area contributed by atoms with Gasteiger partial charge in [-0.3, -0.25) is 4.79 Å². The number of carbonyl (C=O) groups excluding carboxylic acids is 1. The van der Waals surface area contributed by atoms with Gasteiger partial charge in [0.2, 0.25) is 5.91 Å². The zero-order valence-corrected chi connectivity index (χ0v) is 13.1. The summed E-state index contributed by atoms with van der Waals surface area (Å²) in [4.78, 5) is 18.0. The van der Waals surface area contributed by atoms with Crippen molar-refractivity contribution in [1.82, 2.24) is 14.5 Å². The summed E-state index contributed by atoms with van der Waals surface area (Å²) in [6, 6.07) is 7.50. The topological polar surface area (TPSA) is 47.4 Å². The van der Waals surface area contributed by atoms with Crippen molar-refractivity contribution < 1.29 is 9.53 Å². The number of para-hydroxylation sites is 1. The lowest BCUT2D eigenvalue weighted by Gasteiger charge is -2.39. The molecule has 0 bridgehead atoms. The molecule has 2 heterocycles. The van der Waals surface area contributed by atoms with Gasteiger partial charge in [0, 0.05) is 24.9 Å². The van der Waals surface area contributed by atoms with Gasteiger partial charge in [-0.25, -0.2) is 4.98 Å². The van der Waals surface area contributed by atoms with Crippen molar-refractivity contribution in [2.45, 2.75) is 25.5 Å². The molecule has 2 aromatic rings. The average molecular weight is 320 g/mol. The molecule has 6 heteroatoms. The summed E-state index contributed by atoms with van der Waals surface area (Å²) in [6.07, 6.45) is 5.81. The predicted molar refractivity (Wildman–Crippen MR) is 84.0 cm³/mol. The largest absolute Gasteiger partial charge is 0.485 e. The highest BCUT2D eigenvalue weighted by Gasteiger charge is 2.33. The van der Waals surface area contributed by atoms with E-state index in [0.29, 0.717) is 30.3 Å². The van der Waals surface area contributed by atoms with Crippen LogP contribution in [0, 0.1) is 0 Å². The minimum Gasteiger partial charge on any atom is -0.485 e. The molecule has 22 heavy (non-hydrogen) atoms. The summed E-state index contributed by atoms with van der Waals surface area (Å²) in [7, 11) is 0. The standard InChI is InChI=1S/C16H18ClN3O2/c1-12(19-7-6-18-11-19)8-16(21)20-9-13(10-20)22-15-5-3-2-4-14(15)17/h2-7,11-13H,8-10H2,1H3. The Morgan fingerprint density at radius 2 is 2.23 bits per heavy atom. The molecule has 0 radical (unpaired) electrons. The van der Waals surface area contributed by atoms with Crippen molar-refractivity contribution in [2.75, 3.05) is 13.1 Å². The van der Waals surface area contributed by atoms with Crippen LogP contribution in [0.15, 0.2) is 43.0 Å². The fourth-order valence-corrected chi connectivity index (χ4v) is 2.63. The van der Waals surface area contributed by atoms with Gasteiger partial charge in [0.15, 0.2) is 0 Å². The number of halogens is 1. The smallest absolute Gasteiger partial charge is 0.224 e. The number of nitrogens with zero attached hydrogens (tertiary/aromatic N) is 3. The first kappa shape index (κ1) is 14.9. The molecule has 116 valence electrons. The fourth-order valence-electron chi connectivity index (χ4n) is 2.45. The molecule has 5 nitrogen and oxygen atoms in total. The van der Waals surface area contributed by atoms with Crippen LogP contribution in [0.5, 0.6) is 5.75 Å². The molecule has 1 atom stereocenters. The van der Waals surface area contributed by atoms with Crippen molar-refractivity contribution in [1.29, 1.82) is 0 Å². The molecule has 1 aliphatic heterocycles. The quantitative estimate of drug-likeness (QED) is 0.851. The lowest BCUT2D eigenvalue weighted by Crippen LogP contribution is -2.56. The number of rotatable bonds is 5. The van der Waals surface area contributed by atoms with E-state index in [-0.39, 0.29) is 18.1 Å². The van der Waals surface area contributed by atoms with Crippen molar-refractivity contribution >= 4 is 17.5 Å². The number of imidazole rings is 1. The molecule has 0 aliphatic carbocycles. The summed E-state index contributed by atoms with van der Waals surface area (Å²) in [5.74, 6) is 0.813. The summed E-state index contributed by atoms with van der Waals surface area (Å²) in [5.41, 5.74) is 0. The molecule has 1 aromatic carbocycles. The number of ether oxygens (including phenoxy) is 1. The zero-order valence-electron chi connectivity index (χ0n) is 12.4. The van der Waals surface area contributed by atoms with Gasteiger partial charge in [0.05, 0.1) is 24.4 Å². The van der Waals surface area contributed by atoms with Gasteiger partial charge in [-0.05, 0) is 19.1 Å². The first-order valence-corrected chi connectivity index (χ1v) is 7.67. The second-order valence-corrected chi connectivity index (χ2v) is 5.94. The third-order valence-corrected chi connectivity index (χ3v) is 4.15. The van der Waals surface area contributed by atoms with Crippen LogP contribution in [-0.4, -0.2) is 39.6 Å². The Morgan fingerprint density at radius 3 is 2.91 bits per heavy atom. The molecule has 0 N–H and O–H groups in total. The van der Waals surface area contributed by atoms with Crippen molar-refractivity contribution in [3.05, 3.63) is 48.0 Å². The number of carbonyl (C=O) groups is 1. The van der Waals surface area contributed by atoms with Crippen LogP contribution in [-0.2, 0) is 4.79 Å². The van der Waals surface area contributed by atoms with Crippen molar-refractivity contribution in [3.8, 4) is 5.75 Å². The summed E-state index contributed by atoms with van der Waals surface area (Å²) >= 11 is 6.06. The Kier molecular flexibility index (Phi) is 4.34. The van der Waals surface area contributed by atoms with Crippen LogP contribution in [0.1, 0.15) is 19.4 Å². The maximum absolute atomic E-state index is 12.2. The third kappa shape index (κ3) is 3.25. The monoisotopic (exact) mass is 319 g/mol. The molecule has 3 rings (SSSR count). The molecule has 0 spiro atoms. The third-order valence-electron chi connectivity index (χ3n) is 3.83. The Morgan fingerprint density at radius 1 is 1.45 bits per heavy atom. The van der Waals surface area contributed by atoms with Gasteiger partial charge in [0.25, 0.3) is 0 Å². The molecule has 1 aliphatic rings. The number of aromatic nitrogens is 2.